The lowest BCUT2D eigenvalue weighted by Gasteiger charge is -2.38. The Balaban J connectivity index is 1.93. The van der Waals surface area contributed by atoms with Gasteiger partial charge in [0.2, 0.25) is 0 Å². The second-order valence-corrected chi connectivity index (χ2v) is 6.16. The molecule has 4 nitrogen and oxygen atoms in total. The molecule has 1 saturated carbocycles. The van der Waals surface area contributed by atoms with Crippen LogP contribution >= 0.6 is 0 Å². The average Bonchev–Trinajstić information content (AvgIpc) is 2.85. The van der Waals surface area contributed by atoms with E-state index in [1.54, 1.807) is 0 Å². The number of carboxylic acids is 1. The van der Waals surface area contributed by atoms with Crippen molar-refractivity contribution in [3.8, 4) is 0 Å². The number of hydrogen-bond donors (Lipinski definition) is 1. The third-order valence-electron chi connectivity index (χ3n) is 5.02. The van der Waals surface area contributed by atoms with Crippen molar-refractivity contribution in [3.63, 3.8) is 0 Å². The summed E-state index contributed by atoms with van der Waals surface area (Å²) in [4.78, 5) is 16.3. The summed E-state index contributed by atoms with van der Waals surface area (Å²) in [5.74, 6) is -0.759. The molecular formula is C15H28N2O2. The largest absolute Gasteiger partial charge is 0.481 e. The third kappa shape index (κ3) is 3.48. The molecule has 3 atom stereocenters. The topological polar surface area (TPSA) is 43.8 Å². The van der Waals surface area contributed by atoms with Crippen molar-refractivity contribution in [3.05, 3.63) is 0 Å². The molecule has 110 valence electrons. The van der Waals surface area contributed by atoms with Gasteiger partial charge in [-0.15, -0.1) is 0 Å². The van der Waals surface area contributed by atoms with E-state index in [1.165, 1.54) is 25.8 Å². The maximum absolute atomic E-state index is 11.4. The van der Waals surface area contributed by atoms with E-state index in [1.807, 2.05) is 0 Å². The highest BCUT2D eigenvalue weighted by molar-refractivity contribution is 5.71. The Kier molecular flexibility index (Phi) is 5.22. The van der Waals surface area contributed by atoms with Gasteiger partial charge in [-0.1, -0.05) is 19.8 Å². The van der Waals surface area contributed by atoms with Crippen LogP contribution in [-0.2, 0) is 4.79 Å². The number of aliphatic carboxylic acids is 1. The first-order chi connectivity index (χ1) is 9.13. The van der Waals surface area contributed by atoms with Gasteiger partial charge >= 0.3 is 5.97 Å². The van der Waals surface area contributed by atoms with Gasteiger partial charge in [-0.25, -0.2) is 0 Å². The highest BCUT2D eigenvalue weighted by atomic mass is 16.4. The maximum Gasteiger partial charge on any atom is 0.308 e. The Morgan fingerprint density at radius 3 is 2.68 bits per heavy atom. The molecule has 1 N–H and O–H groups in total. The van der Waals surface area contributed by atoms with Crippen LogP contribution in [0.5, 0.6) is 0 Å². The van der Waals surface area contributed by atoms with E-state index >= 15 is 0 Å². The summed E-state index contributed by atoms with van der Waals surface area (Å²) in [7, 11) is 2.12. The van der Waals surface area contributed by atoms with Crippen molar-refractivity contribution in [2.45, 2.75) is 57.5 Å². The van der Waals surface area contributed by atoms with E-state index in [4.69, 9.17) is 0 Å². The van der Waals surface area contributed by atoms with E-state index in [-0.39, 0.29) is 12.0 Å². The van der Waals surface area contributed by atoms with Gasteiger partial charge in [-0.05, 0) is 45.8 Å². The minimum atomic E-state index is -0.602. The van der Waals surface area contributed by atoms with Crippen LogP contribution in [0.25, 0.3) is 0 Å². The highest BCUT2D eigenvalue weighted by Gasteiger charge is 2.35. The Morgan fingerprint density at radius 2 is 2.00 bits per heavy atom. The first-order valence-electron chi connectivity index (χ1n) is 7.80. The molecule has 0 amide bonds. The van der Waals surface area contributed by atoms with Crippen molar-refractivity contribution in [2.24, 2.45) is 5.92 Å². The molecule has 3 unspecified atom stereocenters. The lowest BCUT2D eigenvalue weighted by atomic mass is 9.83. The van der Waals surface area contributed by atoms with E-state index in [0.29, 0.717) is 6.04 Å². The van der Waals surface area contributed by atoms with Gasteiger partial charge < -0.3 is 10.0 Å². The molecule has 2 fully saturated rings. The van der Waals surface area contributed by atoms with Crippen molar-refractivity contribution in [1.29, 1.82) is 0 Å². The van der Waals surface area contributed by atoms with Gasteiger partial charge in [0.05, 0.1) is 5.92 Å². The molecule has 0 radical (unpaired) electrons. The molecule has 0 spiro atoms. The summed E-state index contributed by atoms with van der Waals surface area (Å²) in [5.41, 5.74) is 0. The molecular weight excluding hydrogens is 240 g/mol. The molecule has 0 aromatic carbocycles. The van der Waals surface area contributed by atoms with E-state index in [9.17, 15) is 9.90 Å². The van der Waals surface area contributed by atoms with Crippen LogP contribution in [0, 0.1) is 5.92 Å². The molecule has 1 saturated heterocycles. The standard InChI is InChI=1S/C15H28N2O2/c1-3-17-10-6-7-12(17)11-16(2)14-9-5-4-8-13(14)15(18)19/h12-14H,3-11H2,1-2H3,(H,18,19). The maximum atomic E-state index is 11.4. The molecule has 1 aliphatic heterocycles. The molecule has 0 aromatic heterocycles. The van der Waals surface area contributed by atoms with Crippen molar-refractivity contribution < 1.29 is 9.90 Å². The molecule has 2 rings (SSSR count). The second-order valence-electron chi connectivity index (χ2n) is 6.16. The van der Waals surface area contributed by atoms with Crippen molar-refractivity contribution >= 4 is 5.97 Å². The highest BCUT2D eigenvalue weighted by Crippen LogP contribution is 2.29. The first-order valence-corrected chi connectivity index (χ1v) is 7.80. The number of carboxylic acid groups (broad SMARTS) is 1. The molecule has 1 aliphatic carbocycles. The number of rotatable bonds is 5. The van der Waals surface area contributed by atoms with Gasteiger partial charge in [0.1, 0.15) is 0 Å². The molecule has 2 aliphatic rings. The summed E-state index contributed by atoms with van der Waals surface area (Å²) in [6, 6.07) is 0.872. The number of carbonyl (C=O) groups is 1. The molecule has 0 aromatic rings. The lowest BCUT2D eigenvalue weighted by Crippen LogP contribution is -2.48. The fourth-order valence-corrected chi connectivity index (χ4v) is 3.91. The van der Waals surface area contributed by atoms with E-state index in [2.05, 4.69) is 23.8 Å². The second kappa shape index (κ2) is 6.71. The average molecular weight is 268 g/mol. The van der Waals surface area contributed by atoms with Crippen LogP contribution in [0.15, 0.2) is 0 Å². The quantitative estimate of drug-likeness (QED) is 0.829. The summed E-state index contributed by atoms with van der Waals surface area (Å²) >= 11 is 0. The van der Waals surface area contributed by atoms with Crippen LogP contribution in [0.2, 0.25) is 0 Å². The zero-order valence-electron chi connectivity index (χ0n) is 12.3. The van der Waals surface area contributed by atoms with Crippen LogP contribution in [0.1, 0.15) is 45.4 Å². The predicted molar refractivity (Wildman–Crippen MR) is 76.3 cm³/mol. The van der Waals surface area contributed by atoms with Gasteiger partial charge in [0, 0.05) is 18.6 Å². The monoisotopic (exact) mass is 268 g/mol. The lowest BCUT2D eigenvalue weighted by molar-refractivity contribution is -0.145. The van der Waals surface area contributed by atoms with Gasteiger partial charge in [0.15, 0.2) is 0 Å². The number of likely N-dealkylation sites (N-methyl/N-ethyl adjacent to an activating group) is 2. The molecule has 19 heavy (non-hydrogen) atoms. The normalized spacial score (nSPS) is 32.9. The smallest absolute Gasteiger partial charge is 0.308 e. The van der Waals surface area contributed by atoms with Gasteiger partial charge in [0.25, 0.3) is 0 Å². The predicted octanol–water partition coefficient (Wildman–Crippen LogP) is 2.05. The van der Waals surface area contributed by atoms with Gasteiger partial charge in [-0.2, -0.15) is 0 Å². The third-order valence-corrected chi connectivity index (χ3v) is 5.02. The first kappa shape index (κ1) is 14.8. The van der Waals surface area contributed by atoms with Crippen LogP contribution in [0.4, 0.5) is 0 Å². The van der Waals surface area contributed by atoms with Crippen LogP contribution in [0.3, 0.4) is 0 Å². The van der Waals surface area contributed by atoms with Crippen molar-refractivity contribution in [1.82, 2.24) is 9.80 Å². The fraction of sp³-hybridized carbons (Fsp3) is 0.933. The molecule has 4 heteroatoms. The summed E-state index contributed by atoms with van der Waals surface area (Å²) < 4.78 is 0. The summed E-state index contributed by atoms with van der Waals surface area (Å²) in [6.45, 7) is 5.58. The zero-order valence-corrected chi connectivity index (χ0v) is 12.3. The Hall–Kier alpha value is -0.610. The Morgan fingerprint density at radius 1 is 1.26 bits per heavy atom. The van der Waals surface area contributed by atoms with E-state index < -0.39 is 5.97 Å². The molecule has 1 heterocycles. The zero-order chi connectivity index (χ0) is 13.8. The van der Waals surface area contributed by atoms with Crippen molar-refractivity contribution in [2.75, 3.05) is 26.7 Å². The fourth-order valence-electron chi connectivity index (χ4n) is 3.91. The number of hydrogen-bond acceptors (Lipinski definition) is 3. The Bertz CT molecular complexity index is 309. The SMILES string of the molecule is CCN1CCCC1CN(C)C1CCCCC1C(=O)O. The summed E-state index contributed by atoms with van der Waals surface area (Å²) in [5, 5.41) is 9.38. The van der Waals surface area contributed by atoms with E-state index in [0.717, 1.165) is 32.4 Å². The number of likely N-dealkylation sites (tertiary alicyclic amines) is 1. The van der Waals surface area contributed by atoms with Crippen LogP contribution in [-0.4, -0.2) is 59.6 Å². The molecule has 0 bridgehead atoms. The minimum Gasteiger partial charge on any atom is -0.481 e. The van der Waals surface area contributed by atoms with Crippen LogP contribution < -0.4 is 0 Å². The van der Waals surface area contributed by atoms with Gasteiger partial charge in [-0.3, -0.25) is 9.69 Å². The summed E-state index contributed by atoms with van der Waals surface area (Å²) in [6.07, 6.45) is 6.72. The number of nitrogens with zero attached hydrogens (tertiary/aromatic N) is 2. The Labute approximate surface area is 116 Å². The minimum absolute atomic E-state index is 0.157.